The lowest BCUT2D eigenvalue weighted by Gasteiger charge is -2.26. The van der Waals surface area contributed by atoms with Crippen LogP contribution in [0, 0.1) is 0 Å². The van der Waals surface area contributed by atoms with Crippen molar-refractivity contribution in [2.45, 2.75) is 44.9 Å². The first-order valence-corrected chi connectivity index (χ1v) is 12.0. The molecule has 0 aliphatic carbocycles. The first-order chi connectivity index (χ1) is 16.2. The number of hydrogen-bond acceptors (Lipinski definition) is 5. The van der Waals surface area contributed by atoms with E-state index in [1.165, 1.54) is 26.4 Å². The minimum atomic E-state index is -0.200. The molecule has 0 radical (unpaired) electrons. The number of nitrogens with one attached hydrogen (secondary N) is 1. The second-order valence-electron chi connectivity index (χ2n) is 8.48. The van der Waals surface area contributed by atoms with Gasteiger partial charge < -0.3 is 19.7 Å². The lowest BCUT2D eigenvalue weighted by Crippen LogP contribution is -2.38. The number of carbonyl (C=O) groups is 2. The number of carbonyl (C=O) groups excluding carboxylic acids is 2. The monoisotopic (exact) mass is 452 g/mol. The maximum absolute atomic E-state index is 12.9. The number of unbranched alkanes of at least 4 members (excludes halogenated alkanes) is 2. The van der Waals surface area contributed by atoms with Crippen LogP contribution in [0.1, 0.15) is 44.9 Å². The van der Waals surface area contributed by atoms with E-state index < -0.39 is 0 Å². The maximum Gasteiger partial charge on any atom is 0.305 e. The van der Waals surface area contributed by atoms with Crippen LogP contribution < -0.4 is 10.1 Å². The van der Waals surface area contributed by atoms with Crippen LogP contribution in [-0.2, 0) is 14.3 Å². The number of likely N-dealkylation sites (tertiary alicyclic amines) is 1. The van der Waals surface area contributed by atoms with Gasteiger partial charge in [-0.25, -0.2) is 0 Å². The molecule has 6 nitrogen and oxygen atoms in total. The molecular formula is C27H36N2O4. The number of ether oxygens (including phenoxy) is 2. The van der Waals surface area contributed by atoms with Crippen molar-refractivity contribution in [2.24, 2.45) is 0 Å². The number of amides is 1. The third kappa shape index (κ3) is 8.21. The molecule has 0 atom stereocenters. The van der Waals surface area contributed by atoms with E-state index in [4.69, 9.17) is 9.47 Å². The number of esters is 1. The standard InChI is InChI=1S/C27H36N2O4/c1-32-26(30)16-5-2-4-12-23(27(31)28-17-20-29-18-8-3-9-19-29)21-33-25-15-10-13-22-11-6-7-14-24(22)25/h6-7,10-15H,2-5,8-9,16-21H2,1H3,(H,28,31)/b23-12+. The summed E-state index contributed by atoms with van der Waals surface area (Å²) >= 11 is 0. The van der Waals surface area contributed by atoms with Gasteiger partial charge in [0.2, 0.25) is 5.91 Å². The third-order valence-corrected chi connectivity index (χ3v) is 6.04. The van der Waals surface area contributed by atoms with Crippen molar-refractivity contribution in [1.82, 2.24) is 10.2 Å². The molecule has 1 aliphatic rings. The maximum atomic E-state index is 12.9. The van der Waals surface area contributed by atoms with Crippen molar-refractivity contribution in [3.05, 3.63) is 54.1 Å². The molecule has 33 heavy (non-hydrogen) atoms. The van der Waals surface area contributed by atoms with E-state index >= 15 is 0 Å². The number of hydrogen-bond donors (Lipinski definition) is 1. The lowest BCUT2D eigenvalue weighted by atomic mass is 10.1. The average molecular weight is 453 g/mol. The molecule has 2 aromatic carbocycles. The predicted molar refractivity (Wildman–Crippen MR) is 131 cm³/mol. The van der Waals surface area contributed by atoms with E-state index in [-0.39, 0.29) is 18.5 Å². The van der Waals surface area contributed by atoms with Gasteiger partial charge >= 0.3 is 5.97 Å². The fourth-order valence-electron chi connectivity index (χ4n) is 4.11. The lowest BCUT2D eigenvalue weighted by molar-refractivity contribution is -0.140. The zero-order valence-corrected chi connectivity index (χ0v) is 19.7. The third-order valence-electron chi connectivity index (χ3n) is 6.04. The largest absolute Gasteiger partial charge is 0.488 e. The van der Waals surface area contributed by atoms with E-state index in [0.717, 1.165) is 49.0 Å². The van der Waals surface area contributed by atoms with Gasteiger partial charge in [0.1, 0.15) is 12.4 Å². The molecule has 0 aromatic heterocycles. The van der Waals surface area contributed by atoms with Crippen LogP contribution in [-0.4, -0.2) is 56.7 Å². The fourth-order valence-corrected chi connectivity index (χ4v) is 4.11. The van der Waals surface area contributed by atoms with Gasteiger partial charge in [-0.2, -0.15) is 0 Å². The number of methoxy groups -OCH3 is 1. The smallest absolute Gasteiger partial charge is 0.305 e. The quantitative estimate of drug-likeness (QED) is 0.292. The van der Waals surface area contributed by atoms with Gasteiger partial charge in [0, 0.05) is 24.9 Å². The van der Waals surface area contributed by atoms with Crippen molar-refractivity contribution in [1.29, 1.82) is 0 Å². The van der Waals surface area contributed by atoms with Gasteiger partial charge in [0.05, 0.1) is 12.7 Å². The Bertz CT molecular complexity index is 929. The van der Waals surface area contributed by atoms with E-state index in [2.05, 4.69) is 10.2 Å². The number of benzene rings is 2. The number of piperidine rings is 1. The van der Waals surface area contributed by atoms with Crippen molar-refractivity contribution >= 4 is 22.6 Å². The highest BCUT2D eigenvalue weighted by Crippen LogP contribution is 2.25. The molecule has 3 rings (SSSR count). The van der Waals surface area contributed by atoms with Gasteiger partial charge in [-0.1, -0.05) is 48.9 Å². The van der Waals surface area contributed by atoms with Crippen LogP contribution >= 0.6 is 0 Å². The second-order valence-corrected chi connectivity index (χ2v) is 8.48. The highest BCUT2D eigenvalue weighted by molar-refractivity contribution is 5.94. The molecule has 0 unspecified atom stereocenters. The molecule has 1 saturated heterocycles. The van der Waals surface area contributed by atoms with Gasteiger partial charge in [0.15, 0.2) is 0 Å². The Morgan fingerprint density at radius 2 is 1.82 bits per heavy atom. The zero-order chi connectivity index (χ0) is 23.3. The first-order valence-electron chi connectivity index (χ1n) is 12.0. The van der Waals surface area contributed by atoms with Crippen LogP contribution in [0.3, 0.4) is 0 Å². The fraction of sp³-hybridized carbons (Fsp3) is 0.481. The van der Waals surface area contributed by atoms with E-state index in [9.17, 15) is 9.59 Å². The highest BCUT2D eigenvalue weighted by atomic mass is 16.5. The molecule has 1 fully saturated rings. The summed E-state index contributed by atoms with van der Waals surface area (Å²) in [6, 6.07) is 14.0. The van der Waals surface area contributed by atoms with Crippen LogP contribution in [0.4, 0.5) is 0 Å². The SMILES string of the molecule is COC(=O)CCCC/C=C(\COc1cccc2ccccc12)C(=O)NCCN1CCCCC1. The van der Waals surface area contributed by atoms with Gasteiger partial charge in [0.25, 0.3) is 0 Å². The van der Waals surface area contributed by atoms with Gasteiger partial charge in [-0.15, -0.1) is 0 Å². The second kappa shape index (κ2) is 13.6. The molecule has 178 valence electrons. The van der Waals surface area contributed by atoms with E-state index in [1.807, 2.05) is 48.5 Å². The average Bonchev–Trinajstić information content (AvgIpc) is 2.86. The summed E-state index contributed by atoms with van der Waals surface area (Å²) in [4.78, 5) is 26.7. The minimum absolute atomic E-state index is 0.0831. The Kier molecular flexibility index (Phi) is 10.2. The Balaban J connectivity index is 1.57. The summed E-state index contributed by atoms with van der Waals surface area (Å²) in [5.74, 6) is 0.486. The molecule has 1 amide bonds. The molecule has 0 saturated carbocycles. The topological polar surface area (TPSA) is 67.9 Å². The predicted octanol–water partition coefficient (Wildman–Crippen LogP) is 4.48. The molecule has 6 heteroatoms. The van der Waals surface area contributed by atoms with Gasteiger partial charge in [-0.05, 0) is 56.6 Å². The summed E-state index contributed by atoms with van der Waals surface area (Å²) in [5.41, 5.74) is 0.625. The zero-order valence-electron chi connectivity index (χ0n) is 19.7. The highest BCUT2D eigenvalue weighted by Gasteiger charge is 2.13. The van der Waals surface area contributed by atoms with Gasteiger partial charge in [-0.3, -0.25) is 9.59 Å². The molecule has 1 N–H and O–H groups in total. The summed E-state index contributed by atoms with van der Waals surface area (Å²) in [6.07, 6.45) is 8.38. The number of nitrogens with zero attached hydrogens (tertiary/aromatic N) is 1. The van der Waals surface area contributed by atoms with Crippen LogP contribution in [0.25, 0.3) is 10.8 Å². The van der Waals surface area contributed by atoms with Crippen molar-refractivity contribution < 1.29 is 19.1 Å². The van der Waals surface area contributed by atoms with Crippen molar-refractivity contribution in [3.63, 3.8) is 0 Å². The molecule has 1 heterocycles. The summed E-state index contributed by atoms with van der Waals surface area (Å²) < 4.78 is 10.8. The molecule has 1 aliphatic heterocycles. The normalized spacial score (nSPS) is 14.8. The molecule has 0 spiro atoms. The molecular weight excluding hydrogens is 416 g/mol. The van der Waals surface area contributed by atoms with Crippen LogP contribution in [0.5, 0.6) is 5.75 Å². The van der Waals surface area contributed by atoms with E-state index in [1.54, 1.807) is 0 Å². The first kappa shape index (κ1) is 24.8. The Morgan fingerprint density at radius 1 is 1.03 bits per heavy atom. The van der Waals surface area contributed by atoms with Crippen LogP contribution in [0.15, 0.2) is 54.1 Å². The molecule has 2 aromatic rings. The Labute approximate surface area is 196 Å². The summed E-state index contributed by atoms with van der Waals surface area (Å²) in [6.45, 7) is 3.95. The number of fused-ring (bicyclic) bond motifs is 1. The summed E-state index contributed by atoms with van der Waals surface area (Å²) in [7, 11) is 1.40. The Hall–Kier alpha value is -2.86. The number of allylic oxidation sites excluding steroid dienone is 1. The molecule has 0 bridgehead atoms. The summed E-state index contributed by atoms with van der Waals surface area (Å²) in [5, 5.41) is 5.21. The van der Waals surface area contributed by atoms with E-state index in [0.29, 0.717) is 25.0 Å². The minimum Gasteiger partial charge on any atom is -0.488 e. The van der Waals surface area contributed by atoms with Crippen molar-refractivity contribution in [3.8, 4) is 5.75 Å². The van der Waals surface area contributed by atoms with Crippen LogP contribution in [0.2, 0.25) is 0 Å². The van der Waals surface area contributed by atoms with Crippen molar-refractivity contribution in [2.75, 3.05) is 39.9 Å². The Morgan fingerprint density at radius 3 is 2.64 bits per heavy atom. The number of rotatable bonds is 12.